The van der Waals surface area contributed by atoms with Crippen molar-refractivity contribution in [3.8, 4) is 5.75 Å². The average Bonchev–Trinajstić information content (AvgIpc) is 3.11. The first-order valence-electron chi connectivity index (χ1n) is 7.01. The molecule has 0 spiro atoms. The summed E-state index contributed by atoms with van der Waals surface area (Å²) in [5.74, 6) is 0.0162. The summed E-state index contributed by atoms with van der Waals surface area (Å²) in [6.07, 6.45) is 6.26. The number of nitrogens with one attached hydrogen (secondary N) is 1. The second-order valence-corrected chi connectivity index (χ2v) is 6.80. The van der Waals surface area contributed by atoms with Crippen LogP contribution in [0, 0.1) is 5.82 Å². The molecule has 21 heavy (non-hydrogen) atoms. The molecule has 0 radical (unpaired) electrons. The third-order valence-corrected chi connectivity index (χ3v) is 4.63. The van der Waals surface area contributed by atoms with Crippen LogP contribution in [-0.4, -0.2) is 11.1 Å². The van der Waals surface area contributed by atoms with E-state index in [-0.39, 0.29) is 11.9 Å². The van der Waals surface area contributed by atoms with Crippen molar-refractivity contribution >= 4 is 28.6 Å². The van der Waals surface area contributed by atoms with Crippen LogP contribution in [0.15, 0.2) is 24.4 Å². The Morgan fingerprint density at radius 3 is 2.86 bits per heavy atom. The minimum atomic E-state index is -0.325. The van der Waals surface area contributed by atoms with Gasteiger partial charge in [0, 0.05) is 22.8 Å². The minimum absolute atomic E-state index is 0.164. The zero-order chi connectivity index (χ0) is 14.7. The molecule has 3 nitrogen and oxygen atoms in total. The van der Waals surface area contributed by atoms with Crippen LogP contribution in [-0.2, 0) is 6.54 Å². The van der Waals surface area contributed by atoms with Crippen molar-refractivity contribution in [3.05, 3.63) is 39.6 Å². The van der Waals surface area contributed by atoms with Gasteiger partial charge in [0.1, 0.15) is 0 Å². The molecular weight excluding hydrogens is 311 g/mol. The van der Waals surface area contributed by atoms with Gasteiger partial charge in [0.15, 0.2) is 16.0 Å². The molecule has 1 heterocycles. The summed E-state index contributed by atoms with van der Waals surface area (Å²) in [5, 5.41) is 3.15. The molecule has 1 N–H and O–H groups in total. The molecule has 0 saturated heterocycles. The number of nitrogens with zero attached hydrogens (tertiary/aromatic N) is 1. The fraction of sp³-hybridized carbons (Fsp3) is 0.400. The Morgan fingerprint density at radius 2 is 2.19 bits per heavy atom. The summed E-state index contributed by atoms with van der Waals surface area (Å²) in [7, 11) is 0. The van der Waals surface area contributed by atoms with Crippen LogP contribution in [0.3, 0.4) is 0 Å². The molecule has 0 bridgehead atoms. The van der Waals surface area contributed by atoms with Gasteiger partial charge >= 0.3 is 0 Å². The van der Waals surface area contributed by atoms with Gasteiger partial charge in [-0.25, -0.2) is 9.37 Å². The first kappa shape index (κ1) is 14.6. The average molecular weight is 327 g/mol. The highest BCUT2D eigenvalue weighted by Gasteiger charge is 2.18. The van der Waals surface area contributed by atoms with E-state index in [1.54, 1.807) is 12.3 Å². The molecule has 0 aliphatic heterocycles. The summed E-state index contributed by atoms with van der Waals surface area (Å²) in [6, 6.07) is 4.98. The van der Waals surface area contributed by atoms with Crippen molar-refractivity contribution in [2.45, 2.75) is 38.3 Å². The van der Waals surface area contributed by atoms with E-state index in [9.17, 15) is 4.39 Å². The number of ether oxygens (including phenoxy) is 1. The number of rotatable bonds is 5. The molecule has 1 fully saturated rings. The highest BCUT2D eigenvalue weighted by molar-refractivity contribution is 7.15. The third-order valence-electron chi connectivity index (χ3n) is 3.52. The van der Waals surface area contributed by atoms with Crippen LogP contribution in [0.25, 0.3) is 0 Å². The second kappa shape index (κ2) is 6.62. The maximum atomic E-state index is 14.0. The van der Waals surface area contributed by atoms with E-state index in [4.69, 9.17) is 16.3 Å². The SMILES string of the molecule is Fc1cc(NCc2cnc(Cl)s2)ccc1OC1CCCC1. The Hall–Kier alpha value is -1.33. The van der Waals surface area contributed by atoms with Crippen LogP contribution in [0.4, 0.5) is 10.1 Å². The van der Waals surface area contributed by atoms with Crippen molar-refractivity contribution < 1.29 is 9.13 Å². The third kappa shape index (κ3) is 3.86. The van der Waals surface area contributed by atoms with Gasteiger partial charge in [-0.1, -0.05) is 11.6 Å². The van der Waals surface area contributed by atoms with Gasteiger partial charge in [0.05, 0.1) is 12.6 Å². The molecule has 1 aromatic carbocycles. The molecule has 0 amide bonds. The largest absolute Gasteiger partial charge is 0.487 e. The Balaban J connectivity index is 1.60. The lowest BCUT2D eigenvalue weighted by atomic mass is 10.2. The topological polar surface area (TPSA) is 34.2 Å². The number of anilines is 1. The highest BCUT2D eigenvalue weighted by Crippen LogP contribution is 2.28. The van der Waals surface area contributed by atoms with E-state index in [1.807, 2.05) is 6.07 Å². The first-order valence-corrected chi connectivity index (χ1v) is 8.20. The van der Waals surface area contributed by atoms with Crippen molar-refractivity contribution in [1.82, 2.24) is 4.98 Å². The molecule has 112 valence electrons. The summed E-state index contributed by atoms with van der Waals surface area (Å²) in [4.78, 5) is 4.97. The van der Waals surface area contributed by atoms with Gasteiger partial charge in [-0.3, -0.25) is 0 Å². The summed E-state index contributed by atoms with van der Waals surface area (Å²) in [5.41, 5.74) is 0.718. The molecule has 1 aliphatic rings. The van der Waals surface area contributed by atoms with E-state index < -0.39 is 0 Å². The van der Waals surface area contributed by atoms with Crippen molar-refractivity contribution in [3.63, 3.8) is 0 Å². The number of halogens is 2. The molecule has 0 atom stereocenters. The molecule has 3 rings (SSSR count). The van der Waals surface area contributed by atoms with Crippen LogP contribution in [0.1, 0.15) is 30.6 Å². The summed E-state index contributed by atoms with van der Waals surface area (Å²) in [6.45, 7) is 0.576. The quantitative estimate of drug-likeness (QED) is 0.851. The Labute approximate surface area is 132 Å². The van der Waals surface area contributed by atoms with Crippen molar-refractivity contribution in [1.29, 1.82) is 0 Å². The normalized spacial score (nSPS) is 15.3. The smallest absolute Gasteiger partial charge is 0.183 e. The molecule has 2 aromatic rings. The summed E-state index contributed by atoms with van der Waals surface area (Å²) >= 11 is 7.18. The predicted octanol–water partition coefficient (Wildman–Crippen LogP) is 4.87. The Morgan fingerprint density at radius 1 is 1.38 bits per heavy atom. The molecular formula is C15H16ClFN2OS. The van der Waals surface area contributed by atoms with Crippen LogP contribution < -0.4 is 10.1 Å². The monoisotopic (exact) mass is 326 g/mol. The predicted molar refractivity (Wildman–Crippen MR) is 83.7 cm³/mol. The number of aromatic nitrogens is 1. The minimum Gasteiger partial charge on any atom is -0.487 e. The maximum Gasteiger partial charge on any atom is 0.183 e. The van der Waals surface area contributed by atoms with Crippen LogP contribution in [0.5, 0.6) is 5.75 Å². The van der Waals surface area contributed by atoms with E-state index in [2.05, 4.69) is 10.3 Å². The van der Waals surface area contributed by atoms with Crippen LogP contribution in [0.2, 0.25) is 4.47 Å². The van der Waals surface area contributed by atoms with Gasteiger partial charge in [-0.2, -0.15) is 0 Å². The van der Waals surface area contributed by atoms with Crippen LogP contribution >= 0.6 is 22.9 Å². The zero-order valence-corrected chi connectivity index (χ0v) is 13.0. The Bertz CT molecular complexity index is 613. The van der Waals surface area contributed by atoms with Crippen molar-refractivity contribution in [2.75, 3.05) is 5.32 Å². The summed E-state index contributed by atoms with van der Waals surface area (Å²) < 4.78 is 20.2. The lowest BCUT2D eigenvalue weighted by Crippen LogP contribution is -2.12. The van der Waals surface area contributed by atoms with E-state index in [0.717, 1.165) is 23.4 Å². The van der Waals surface area contributed by atoms with Gasteiger partial charge < -0.3 is 10.1 Å². The molecule has 1 saturated carbocycles. The lowest BCUT2D eigenvalue weighted by Gasteiger charge is -2.14. The second-order valence-electron chi connectivity index (χ2n) is 5.10. The molecule has 1 aromatic heterocycles. The number of thiazole rings is 1. The van der Waals surface area contributed by atoms with E-state index in [1.165, 1.54) is 30.2 Å². The fourth-order valence-electron chi connectivity index (χ4n) is 2.45. The highest BCUT2D eigenvalue weighted by atomic mass is 35.5. The first-order chi connectivity index (χ1) is 10.2. The number of hydrogen-bond acceptors (Lipinski definition) is 4. The maximum absolute atomic E-state index is 14.0. The molecule has 0 unspecified atom stereocenters. The zero-order valence-electron chi connectivity index (χ0n) is 11.4. The van der Waals surface area contributed by atoms with Crippen molar-refractivity contribution in [2.24, 2.45) is 0 Å². The standard InChI is InChI=1S/C15H16ClFN2OS/c16-15-19-9-12(21-15)8-18-10-5-6-14(13(17)7-10)20-11-3-1-2-4-11/h5-7,9,11,18H,1-4,8H2. The number of benzene rings is 1. The Kier molecular flexibility index (Phi) is 4.60. The van der Waals surface area contributed by atoms with Gasteiger partial charge in [-0.05, 0) is 37.8 Å². The number of hydrogen-bond donors (Lipinski definition) is 1. The van der Waals surface area contributed by atoms with Gasteiger partial charge in [0.2, 0.25) is 0 Å². The molecule has 6 heteroatoms. The van der Waals surface area contributed by atoms with E-state index in [0.29, 0.717) is 16.8 Å². The molecule has 1 aliphatic carbocycles. The lowest BCUT2D eigenvalue weighted by molar-refractivity contribution is 0.201. The van der Waals surface area contributed by atoms with Gasteiger partial charge in [0.25, 0.3) is 0 Å². The van der Waals surface area contributed by atoms with E-state index >= 15 is 0 Å². The fourth-order valence-corrected chi connectivity index (χ4v) is 3.36. The van der Waals surface area contributed by atoms with Gasteiger partial charge in [-0.15, -0.1) is 11.3 Å².